The molecule has 208 valence electrons. The molecule has 1 aliphatic rings. The van der Waals surface area contributed by atoms with E-state index in [4.69, 9.17) is 14.5 Å². The van der Waals surface area contributed by atoms with E-state index in [0.29, 0.717) is 57.3 Å². The fourth-order valence-corrected chi connectivity index (χ4v) is 6.59. The fourth-order valence-electron chi connectivity index (χ4n) is 4.90. The summed E-state index contributed by atoms with van der Waals surface area (Å²) < 4.78 is 36.9. The zero-order valence-electron chi connectivity index (χ0n) is 22.5. The predicted octanol–water partition coefficient (Wildman–Crippen LogP) is 3.99. The van der Waals surface area contributed by atoms with E-state index >= 15 is 0 Å². The summed E-state index contributed by atoms with van der Waals surface area (Å²) in [6.45, 7) is 3.17. The molecule has 2 aromatic heterocycles. The van der Waals surface area contributed by atoms with Crippen molar-refractivity contribution in [1.29, 1.82) is 0 Å². The van der Waals surface area contributed by atoms with Gasteiger partial charge in [-0.15, -0.1) is 0 Å². The highest BCUT2D eigenvalue weighted by Crippen LogP contribution is 2.34. The maximum atomic E-state index is 13.9. The predicted molar refractivity (Wildman–Crippen MR) is 152 cm³/mol. The number of anilines is 2. The van der Waals surface area contributed by atoms with E-state index < -0.39 is 15.7 Å². The zero-order chi connectivity index (χ0) is 28.6. The lowest BCUT2D eigenvalue weighted by atomic mass is 10.0. The number of aryl methyl sites for hydroxylation is 1. The van der Waals surface area contributed by atoms with Crippen molar-refractivity contribution in [2.45, 2.75) is 26.3 Å². The second kappa shape index (κ2) is 10.6. The number of benzene rings is 2. The van der Waals surface area contributed by atoms with Gasteiger partial charge in [0.1, 0.15) is 11.5 Å². The van der Waals surface area contributed by atoms with Crippen molar-refractivity contribution >= 4 is 44.1 Å². The van der Waals surface area contributed by atoms with Crippen LogP contribution in [0.2, 0.25) is 0 Å². The van der Waals surface area contributed by atoms with Crippen LogP contribution in [-0.2, 0) is 14.6 Å². The van der Waals surface area contributed by atoms with Crippen LogP contribution in [0.25, 0.3) is 22.3 Å². The zero-order valence-corrected chi connectivity index (χ0v) is 23.3. The standard InChI is InChI=1S/C28H29N5O6S/c1-16-26-22(28(35)31-24-13-19(29-17(2)34)7-10-25(24)39-4)14-23(18-5-8-21(38-3)9-6-18)30-27(26)33(32-16)20-11-12-40(36,37)15-20/h5-10,13-14,20H,11-12,15H2,1-4H3,(H,29,34)(H,31,35). The maximum Gasteiger partial charge on any atom is 0.256 e. The Morgan fingerprint density at radius 1 is 1.02 bits per heavy atom. The summed E-state index contributed by atoms with van der Waals surface area (Å²) in [6.07, 6.45) is 0.418. The second-order valence-electron chi connectivity index (χ2n) is 9.62. The molecule has 0 spiro atoms. The fraction of sp³-hybridized carbons (Fsp3) is 0.286. The Bertz CT molecular complexity index is 1730. The molecule has 1 atom stereocenters. The Morgan fingerprint density at radius 3 is 2.40 bits per heavy atom. The maximum absolute atomic E-state index is 13.9. The van der Waals surface area contributed by atoms with Crippen molar-refractivity contribution in [3.8, 4) is 22.8 Å². The number of rotatable bonds is 7. The molecular formula is C28H29N5O6S. The quantitative estimate of drug-likeness (QED) is 0.344. The minimum Gasteiger partial charge on any atom is -0.497 e. The van der Waals surface area contributed by atoms with Crippen LogP contribution in [0.4, 0.5) is 11.4 Å². The summed E-state index contributed by atoms with van der Waals surface area (Å²) in [5.74, 6) is 0.430. The largest absolute Gasteiger partial charge is 0.497 e. The minimum atomic E-state index is -3.19. The molecule has 4 aromatic rings. The number of carbonyl (C=O) groups is 2. The molecule has 0 bridgehead atoms. The van der Waals surface area contributed by atoms with Crippen LogP contribution in [0.5, 0.6) is 11.5 Å². The number of sulfone groups is 1. The summed E-state index contributed by atoms with van der Waals surface area (Å²) in [5.41, 5.74) is 3.41. The lowest BCUT2D eigenvalue weighted by molar-refractivity contribution is -0.114. The van der Waals surface area contributed by atoms with Gasteiger partial charge in [0.15, 0.2) is 15.5 Å². The highest BCUT2D eigenvalue weighted by atomic mass is 32.2. The normalized spacial score (nSPS) is 16.1. The number of amides is 2. The van der Waals surface area contributed by atoms with E-state index in [-0.39, 0.29) is 23.5 Å². The molecule has 1 saturated heterocycles. The molecular weight excluding hydrogens is 534 g/mol. The molecule has 5 rings (SSSR count). The highest BCUT2D eigenvalue weighted by molar-refractivity contribution is 7.91. The van der Waals surface area contributed by atoms with Crippen molar-refractivity contribution in [3.63, 3.8) is 0 Å². The van der Waals surface area contributed by atoms with Crippen molar-refractivity contribution < 1.29 is 27.5 Å². The van der Waals surface area contributed by atoms with Gasteiger partial charge in [-0.25, -0.2) is 18.1 Å². The van der Waals surface area contributed by atoms with Gasteiger partial charge in [0.25, 0.3) is 5.91 Å². The first-order valence-corrected chi connectivity index (χ1v) is 14.4. The van der Waals surface area contributed by atoms with Crippen LogP contribution < -0.4 is 20.1 Å². The van der Waals surface area contributed by atoms with Gasteiger partial charge < -0.3 is 20.1 Å². The average Bonchev–Trinajstić information content (AvgIpc) is 3.46. The molecule has 2 N–H and O–H groups in total. The Kier molecular flexibility index (Phi) is 7.19. The van der Waals surface area contributed by atoms with Gasteiger partial charge in [-0.1, -0.05) is 0 Å². The van der Waals surface area contributed by atoms with E-state index in [1.54, 1.807) is 55.1 Å². The van der Waals surface area contributed by atoms with Crippen LogP contribution >= 0.6 is 0 Å². The number of fused-ring (bicyclic) bond motifs is 1. The van der Waals surface area contributed by atoms with Crippen LogP contribution in [-0.4, -0.2) is 60.7 Å². The Morgan fingerprint density at radius 2 is 1.77 bits per heavy atom. The van der Waals surface area contributed by atoms with Gasteiger partial charge in [-0.2, -0.15) is 5.10 Å². The van der Waals surface area contributed by atoms with Crippen molar-refractivity contribution in [2.75, 3.05) is 36.4 Å². The third kappa shape index (κ3) is 5.34. The topological polar surface area (TPSA) is 142 Å². The molecule has 1 unspecified atom stereocenters. The van der Waals surface area contributed by atoms with E-state index in [1.807, 2.05) is 12.1 Å². The number of nitrogens with zero attached hydrogens (tertiary/aromatic N) is 3. The monoisotopic (exact) mass is 563 g/mol. The number of ether oxygens (including phenoxy) is 2. The van der Waals surface area contributed by atoms with Crippen LogP contribution in [0, 0.1) is 6.92 Å². The van der Waals surface area contributed by atoms with Gasteiger partial charge in [0.2, 0.25) is 5.91 Å². The first-order chi connectivity index (χ1) is 19.1. The minimum absolute atomic E-state index is 0.0354. The third-order valence-corrected chi connectivity index (χ3v) is 8.54. The smallest absolute Gasteiger partial charge is 0.256 e. The molecule has 3 heterocycles. The number of methoxy groups -OCH3 is 2. The molecule has 2 amide bonds. The molecule has 1 aliphatic heterocycles. The summed E-state index contributed by atoms with van der Waals surface area (Å²) in [5, 5.41) is 10.8. The molecule has 2 aromatic carbocycles. The average molecular weight is 564 g/mol. The number of hydrogen-bond acceptors (Lipinski definition) is 8. The van der Waals surface area contributed by atoms with Crippen LogP contribution in [0.3, 0.4) is 0 Å². The van der Waals surface area contributed by atoms with E-state index in [0.717, 1.165) is 5.56 Å². The van der Waals surface area contributed by atoms with Crippen molar-refractivity contribution in [2.24, 2.45) is 0 Å². The van der Waals surface area contributed by atoms with Gasteiger partial charge >= 0.3 is 0 Å². The van der Waals surface area contributed by atoms with Crippen LogP contribution in [0.15, 0.2) is 48.5 Å². The Hall–Kier alpha value is -4.45. The number of carbonyl (C=O) groups excluding carboxylic acids is 2. The van der Waals surface area contributed by atoms with Gasteiger partial charge in [-0.05, 0) is 61.9 Å². The summed E-state index contributed by atoms with van der Waals surface area (Å²) in [6, 6.07) is 13.5. The lowest BCUT2D eigenvalue weighted by Gasteiger charge is -2.14. The van der Waals surface area contributed by atoms with E-state index in [9.17, 15) is 18.0 Å². The molecule has 1 fully saturated rings. The molecule has 0 radical (unpaired) electrons. The summed E-state index contributed by atoms with van der Waals surface area (Å²) in [4.78, 5) is 30.3. The molecule has 0 aliphatic carbocycles. The SMILES string of the molecule is COc1ccc(-c2cc(C(=O)Nc3cc(NC(C)=O)ccc3OC)c3c(C)nn(C4CCS(=O)(=O)C4)c3n2)cc1. The molecule has 11 nitrogen and oxygen atoms in total. The number of nitrogens with one attached hydrogen (secondary N) is 2. The first-order valence-electron chi connectivity index (χ1n) is 12.6. The van der Waals surface area contributed by atoms with E-state index in [2.05, 4.69) is 15.7 Å². The second-order valence-corrected chi connectivity index (χ2v) is 11.8. The number of hydrogen-bond donors (Lipinski definition) is 2. The van der Waals surface area contributed by atoms with Gasteiger partial charge in [-0.3, -0.25) is 9.59 Å². The first kappa shape index (κ1) is 27.1. The van der Waals surface area contributed by atoms with Gasteiger partial charge in [0, 0.05) is 18.2 Å². The summed E-state index contributed by atoms with van der Waals surface area (Å²) in [7, 11) is -0.123. The molecule has 0 saturated carbocycles. The number of pyridine rings is 1. The van der Waals surface area contributed by atoms with Crippen molar-refractivity contribution in [3.05, 3.63) is 59.8 Å². The summed E-state index contributed by atoms with van der Waals surface area (Å²) >= 11 is 0. The van der Waals surface area contributed by atoms with Crippen molar-refractivity contribution in [1.82, 2.24) is 14.8 Å². The molecule has 12 heteroatoms. The third-order valence-electron chi connectivity index (χ3n) is 6.79. The Balaban J connectivity index is 1.64. The van der Waals surface area contributed by atoms with Crippen LogP contribution in [0.1, 0.15) is 35.4 Å². The highest BCUT2D eigenvalue weighted by Gasteiger charge is 2.32. The Labute approximate surface area is 231 Å². The van der Waals surface area contributed by atoms with Gasteiger partial charge in [0.05, 0.1) is 59.8 Å². The molecule has 40 heavy (non-hydrogen) atoms. The van der Waals surface area contributed by atoms with E-state index in [1.165, 1.54) is 14.0 Å². The number of aromatic nitrogens is 3. The lowest BCUT2D eigenvalue weighted by Crippen LogP contribution is -2.16.